The van der Waals surface area contributed by atoms with Gasteiger partial charge in [0.15, 0.2) is 6.10 Å². The highest BCUT2D eigenvalue weighted by Crippen LogP contribution is 2.19. The van der Waals surface area contributed by atoms with Gasteiger partial charge in [0.05, 0.1) is 0 Å². The minimum absolute atomic E-state index is 0.0607. The lowest BCUT2D eigenvalue weighted by Crippen LogP contribution is -2.30. The Hall–Kier alpha value is -1.59. The summed E-state index contributed by atoms with van der Waals surface area (Å²) in [5, 5.41) is 0. The summed E-state index contributed by atoms with van der Waals surface area (Å²) in [6, 6.07) is 0. The van der Waals surface area contributed by atoms with E-state index >= 15 is 0 Å². The molecule has 0 rings (SSSR count). The van der Waals surface area contributed by atoms with Crippen LogP contribution in [0.15, 0.2) is 0 Å². The summed E-state index contributed by atoms with van der Waals surface area (Å²) in [6.07, 6.45) is 71.1. The van der Waals surface area contributed by atoms with E-state index in [0.717, 1.165) is 63.7 Å². The SMILES string of the molecule is CCCCCCCCCCCCCCCCCCCCC(=O)O[C@@H](COC(=O)CCCCCCCCCCCCCCCCCCC)COC(=O)CCCCCCCCCCCCCCCCCCCCC(C)C. The van der Waals surface area contributed by atoms with Gasteiger partial charge < -0.3 is 14.2 Å². The van der Waals surface area contributed by atoms with Crippen LogP contribution in [0, 0.1) is 5.92 Å². The Morgan fingerprint density at radius 1 is 0.257 bits per heavy atom. The first-order chi connectivity index (χ1) is 36.4. The Morgan fingerprint density at radius 2 is 0.446 bits per heavy atom. The molecule has 0 radical (unpaired) electrons. The van der Waals surface area contributed by atoms with Gasteiger partial charge in [-0.1, -0.05) is 355 Å². The van der Waals surface area contributed by atoms with E-state index in [2.05, 4.69) is 27.7 Å². The van der Waals surface area contributed by atoms with E-state index in [0.29, 0.717) is 19.3 Å². The lowest BCUT2D eigenvalue weighted by Gasteiger charge is -2.18. The normalized spacial score (nSPS) is 12.0. The van der Waals surface area contributed by atoms with Crippen molar-refractivity contribution in [3.63, 3.8) is 0 Å². The maximum Gasteiger partial charge on any atom is 0.306 e. The fraction of sp³-hybridized carbons (Fsp3) is 0.956. The first-order valence-electron chi connectivity index (χ1n) is 33.9. The Morgan fingerprint density at radius 3 is 0.662 bits per heavy atom. The highest BCUT2D eigenvalue weighted by Gasteiger charge is 2.19. The van der Waals surface area contributed by atoms with Crippen LogP contribution >= 0.6 is 0 Å². The van der Waals surface area contributed by atoms with Crippen molar-refractivity contribution < 1.29 is 28.6 Å². The Balaban J connectivity index is 4.27. The van der Waals surface area contributed by atoms with Gasteiger partial charge in [0.1, 0.15) is 13.2 Å². The number of ether oxygens (including phenoxy) is 3. The van der Waals surface area contributed by atoms with Gasteiger partial charge in [-0.15, -0.1) is 0 Å². The minimum atomic E-state index is -0.763. The number of hydrogen-bond acceptors (Lipinski definition) is 6. The summed E-state index contributed by atoms with van der Waals surface area (Å²) in [5.41, 5.74) is 0. The van der Waals surface area contributed by atoms with Crippen molar-refractivity contribution in [3.8, 4) is 0 Å². The molecule has 0 aliphatic rings. The lowest BCUT2D eigenvalue weighted by atomic mass is 10.0. The summed E-state index contributed by atoms with van der Waals surface area (Å²) in [6.45, 7) is 9.12. The summed E-state index contributed by atoms with van der Waals surface area (Å²) < 4.78 is 17.0. The van der Waals surface area contributed by atoms with E-state index in [1.54, 1.807) is 0 Å². The van der Waals surface area contributed by atoms with E-state index in [1.807, 2.05) is 0 Å². The van der Waals surface area contributed by atoms with Crippen molar-refractivity contribution in [3.05, 3.63) is 0 Å². The van der Waals surface area contributed by atoms with Gasteiger partial charge >= 0.3 is 17.9 Å². The third-order valence-electron chi connectivity index (χ3n) is 15.8. The average Bonchev–Trinajstić information content (AvgIpc) is 3.39. The van der Waals surface area contributed by atoms with Crippen molar-refractivity contribution in [2.24, 2.45) is 5.92 Å². The van der Waals surface area contributed by atoms with E-state index in [1.165, 1.54) is 289 Å². The van der Waals surface area contributed by atoms with Crippen LogP contribution in [0.1, 0.15) is 394 Å². The van der Waals surface area contributed by atoms with E-state index in [-0.39, 0.29) is 31.1 Å². The number of unbranched alkanes of at least 4 members (excludes halogenated alkanes) is 50. The number of rotatable bonds is 63. The molecule has 0 aromatic rings. The molecule has 6 heteroatoms. The third-order valence-corrected chi connectivity index (χ3v) is 15.8. The molecule has 0 saturated heterocycles. The molecular formula is C68H132O6. The zero-order valence-corrected chi connectivity index (χ0v) is 50.8. The fourth-order valence-corrected chi connectivity index (χ4v) is 10.7. The van der Waals surface area contributed by atoms with Gasteiger partial charge in [0.25, 0.3) is 0 Å². The van der Waals surface area contributed by atoms with Gasteiger partial charge in [-0.2, -0.15) is 0 Å². The van der Waals surface area contributed by atoms with Gasteiger partial charge in [0, 0.05) is 19.3 Å². The van der Waals surface area contributed by atoms with Crippen molar-refractivity contribution in [1.29, 1.82) is 0 Å². The third kappa shape index (κ3) is 61.3. The van der Waals surface area contributed by atoms with Crippen molar-refractivity contribution in [2.45, 2.75) is 400 Å². The number of esters is 3. The van der Waals surface area contributed by atoms with Crippen LogP contribution in [0.5, 0.6) is 0 Å². The fourth-order valence-electron chi connectivity index (χ4n) is 10.7. The monoisotopic (exact) mass is 1050 g/mol. The molecule has 74 heavy (non-hydrogen) atoms. The first kappa shape index (κ1) is 72.4. The summed E-state index contributed by atoms with van der Waals surface area (Å²) in [4.78, 5) is 38.4. The van der Waals surface area contributed by atoms with Crippen LogP contribution < -0.4 is 0 Å². The Bertz CT molecular complexity index is 1120. The van der Waals surface area contributed by atoms with E-state index < -0.39 is 6.10 Å². The summed E-state index contributed by atoms with van der Waals surface area (Å²) in [5.74, 6) is 0.0366. The van der Waals surface area contributed by atoms with Crippen LogP contribution in [-0.4, -0.2) is 37.2 Å². The molecule has 0 unspecified atom stereocenters. The zero-order chi connectivity index (χ0) is 53.7. The van der Waals surface area contributed by atoms with Gasteiger partial charge in [0.2, 0.25) is 0 Å². The molecule has 0 fully saturated rings. The van der Waals surface area contributed by atoms with Crippen LogP contribution in [0.4, 0.5) is 0 Å². The molecule has 0 amide bonds. The van der Waals surface area contributed by atoms with Crippen molar-refractivity contribution >= 4 is 17.9 Å². The van der Waals surface area contributed by atoms with Gasteiger partial charge in [-0.25, -0.2) is 0 Å². The highest BCUT2D eigenvalue weighted by atomic mass is 16.6. The zero-order valence-electron chi connectivity index (χ0n) is 50.8. The second-order valence-corrected chi connectivity index (χ2v) is 23.9. The molecule has 0 bridgehead atoms. The highest BCUT2D eigenvalue weighted by molar-refractivity contribution is 5.71. The summed E-state index contributed by atoms with van der Waals surface area (Å²) >= 11 is 0. The second kappa shape index (κ2) is 62.3. The standard InChI is InChI=1S/C68H132O6/c1-5-7-9-11-13-15-17-19-21-23-28-33-37-41-45-49-53-57-61-68(71)74-65(62-72-66(69)59-55-51-47-43-39-35-31-26-22-20-18-16-14-12-10-8-6-2)63-73-67(70)60-56-52-48-44-40-36-32-29-25-24-27-30-34-38-42-46-50-54-58-64(3)4/h64-65H,5-63H2,1-4H3/t65-/m0/s1. The molecule has 440 valence electrons. The molecule has 0 heterocycles. The molecule has 0 aromatic carbocycles. The Kier molecular flexibility index (Phi) is 60.9. The topological polar surface area (TPSA) is 78.9 Å². The number of hydrogen-bond donors (Lipinski definition) is 0. The second-order valence-electron chi connectivity index (χ2n) is 23.9. The van der Waals surface area contributed by atoms with Gasteiger partial charge in [-0.05, 0) is 25.2 Å². The largest absolute Gasteiger partial charge is 0.462 e. The van der Waals surface area contributed by atoms with Gasteiger partial charge in [-0.3, -0.25) is 14.4 Å². The molecule has 0 aromatic heterocycles. The molecule has 1 atom stereocenters. The molecule has 0 spiro atoms. The molecule has 0 saturated carbocycles. The minimum Gasteiger partial charge on any atom is -0.462 e. The molecule has 0 N–H and O–H groups in total. The lowest BCUT2D eigenvalue weighted by molar-refractivity contribution is -0.167. The average molecular weight is 1050 g/mol. The number of carbonyl (C=O) groups is 3. The first-order valence-corrected chi connectivity index (χ1v) is 33.9. The van der Waals surface area contributed by atoms with Crippen molar-refractivity contribution in [2.75, 3.05) is 13.2 Å². The smallest absolute Gasteiger partial charge is 0.306 e. The Labute approximate surface area is 463 Å². The van der Waals surface area contributed by atoms with Crippen molar-refractivity contribution in [1.82, 2.24) is 0 Å². The van der Waals surface area contributed by atoms with Crippen LogP contribution in [0.2, 0.25) is 0 Å². The molecule has 6 nitrogen and oxygen atoms in total. The quantitative estimate of drug-likeness (QED) is 0.0343. The van der Waals surface area contributed by atoms with Crippen LogP contribution in [-0.2, 0) is 28.6 Å². The van der Waals surface area contributed by atoms with E-state index in [9.17, 15) is 14.4 Å². The maximum absolute atomic E-state index is 12.9. The van der Waals surface area contributed by atoms with Crippen LogP contribution in [0.25, 0.3) is 0 Å². The molecular weight excluding hydrogens is 913 g/mol. The maximum atomic E-state index is 12.9. The van der Waals surface area contributed by atoms with E-state index in [4.69, 9.17) is 14.2 Å². The molecule has 0 aliphatic heterocycles. The summed E-state index contributed by atoms with van der Waals surface area (Å²) in [7, 11) is 0. The van der Waals surface area contributed by atoms with Crippen LogP contribution in [0.3, 0.4) is 0 Å². The predicted octanol–water partition coefficient (Wildman–Crippen LogP) is 22.9. The predicted molar refractivity (Wildman–Crippen MR) is 321 cm³/mol. The number of carbonyl (C=O) groups excluding carboxylic acids is 3. The molecule has 0 aliphatic carbocycles.